The number of phenolic OH excluding ortho intramolecular Hbond substituents is 1. The average molecular weight is 390 g/mol. The maximum atomic E-state index is 12.4. The number of anilines is 2. The quantitative estimate of drug-likeness (QED) is 0.545. The zero-order valence-electron chi connectivity index (χ0n) is 14.1. The number of thiocarbonyl (C=S) groups is 1. The first-order chi connectivity index (χ1) is 12.5. The maximum Gasteiger partial charge on any atom is 0.227 e. The number of nitrogens with one attached hydrogen (secondary N) is 2. The van der Waals surface area contributed by atoms with Crippen LogP contribution >= 0.6 is 23.8 Å². The molecule has 3 rings (SSSR count). The maximum absolute atomic E-state index is 12.4. The fraction of sp³-hybridized carbons (Fsp3) is 0.263. The summed E-state index contributed by atoms with van der Waals surface area (Å²) in [6.07, 6.45) is 1.42. The van der Waals surface area contributed by atoms with Crippen LogP contribution in [0.2, 0.25) is 5.02 Å². The number of piperidine rings is 1. The van der Waals surface area contributed by atoms with Crippen LogP contribution in [0.1, 0.15) is 12.8 Å². The first-order valence-electron chi connectivity index (χ1n) is 8.43. The number of halogens is 1. The van der Waals surface area contributed by atoms with Gasteiger partial charge in [-0.3, -0.25) is 4.79 Å². The summed E-state index contributed by atoms with van der Waals surface area (Å²) in [7, 11) is 0. The van der Waals surface area contributed by atoms with Gasteiger partial charge in [0.15, 0.2) is 5.11 Å². The van der Waals surface area contributed by atoms with Crippen molar-refractivity contribution in [3.63, 3.8) is 0 Å². The zero-order chi connectivity index (χ0) is 18.5. The van der Waals surface area contributed by atoms with Crippen molar-refractivity contribution in [2.24, 2.45) is 5.92 Å². The van der Waals surface area contributed by atoms with Gasteiger partial charge in [-0.15, -0.1) is 0 Å². The third-order valence-electron chi connectivity index (χ3n) is 4.41. The van der Waals surface area contributed by atoms with Crippen LogP contribution in [0.25, 0.3) is 0 Å². The number of para-hydroxylation sites is 2. The van der Waals surface area contributed by atoms with E-state index in [-0.39, 0.29) is 17.6 Å². The highest BCUT2D eigenvalue weighted by Crippen LogP contribution is 2.25. The Bertz CT molecular complexity index is 790. The molecule has 1 heterocycles. The lowest BCUT2D eigenvalue weighted by molar-refractivity contribution is -0.121. The van der Waals surface area contributed by atoms with Gasteiger partial charge in [0.05, 0.1) is 5.69 Å². The van der Waals surface area contributed by atoms with E-state index in [1.54, 1.807) is 24.3 Å². The van der Waals surface area contributed by atoms with E-state index in [4.69, 9.17) is 23.8 Å². The van der Waals surface area contributed by atoms with E-state index >= 15 is 0 Å². The van der Waals surface area contributed by atoms with E-state index in [1.165, 1.54) is 0 Å². The average Bonchev–Trinajstić information content (AvgIpc) is 2.65. The van der Waals surface area contributed by atoms with Crippen LogP contribution < -0.4 is 10.6 Å². The third kappa shape index (κ3) is 4.65. The van der Waals surface area contributed by atoms with Crippen molar-refractivity contribution in [3.8, 4) is 5.75 Å². The van der Waals surface area contributed by atoms with Crippen LogP contribution in [0.3, 0.4) is 0 Å². The standard InChI is InChI=1S/C19H20ClN3O2S/c20-14-5-7-15(8-6-14)21-19(26)23-11-9-13(10-12-23)18(25)22-16-3-1-2-4-17(16)24/h1-8,13,24H,9-12H2,(H,21,26)(H,22,25). The van der Waals surface area contributed by atoms with E-state index in [2.05, 4.69) is 15.5 Å². The van der Waals surface area contributed by atoms with Gasteiger partial charge in [0.2, 0.25) is 5.91 Å². The van der Waals surface area contributed by atoms with Crippen molar-refractivity contribution >= 4 is 46.2 Å². The molecule has 2 aromatic carbocycles. The van der Waals surface area contributed by atoms with Gasteiger partial charge in [-0.05, 0) is 61.5 Å². The number of carbonyl (C=O) groups excluding carboxylic acids is 1. The minimum absolute atomic E-state index is 0.0669. The van der Waals surface area contributed by atoms with Gasteiger partial charge in [-0.2, -0.15) is 0 Å². The topological polar surface area (TPSA) is 64.6 Å². The molecule has 0 aromatic heterocycles. The Labute approximate surface area is 163 Å². The molecule has 1 aliphatic heterocycles. The number of phenols is 1. The van der Waals surface area contributed by atoms with Crippen LogP contribution in [0, 0.1) is 5.92 Å². The molecule has 0 unspecified atom stereocenters. The third-order valence-corrected chi connectivity index (χ3v) is 5.02. The molecular formula is C19H20ClN3O2S. The second-order valence-electron chi connectivity index (χ2n) is 6.20. The van der Waals surface area contributed by atoms with E-state index < -0.39 is 0 Å². The van der Waals surface area contributed by atoms with Gasteiger partial charge in [-0.25, -0.2) is 0 Å². The van der Waals surface area contributed by atoms with E-state index in [1.807, 2.05) is 24.3 Å². The summed E-state index contributed by atoms with van der Waals surface area (Å²) >= 11 is 11.3. The number of amides is 1. The Hall–Kier alpha value is -2.31. The molecule has 26 heavy (non-hydrogen) atoms. The molecule has 0 bridgehead atoms. The number of carbonyl (C=O) groups is 1. The zero-order valence-corrected chi connectivity index (χ0v) is 15.7. The summed E-state index contributed by atoms with van der Waals surface area (Å²) in [4.78, 5) is 14.5. The van der Waals surface area contributed by atoms with Crippen LogP contribution in [0.4, 0.5) is 11.4 Å². The number of rotatable bonds is 3. The summed E-state index contributed by atoms with van der Waals surface area (Å²) in [5.74, 6) is -0.0847. The fourth-order valence-electron chi connectivity index (χ4n) is 2.89. The van der Waals surface area contributed by atoms with Crippen molar-refractivity contribution in [1.82, 2.24) is 4.90 Å². The minimum Gasteiger partial charge on any atom is -0.506 e. The van der Waals surface area contributed by atoms with Crippen molar-refractivity contribution in [2.45, 2.75) is 12.8 Å². The lowest BCUT2D eigenvalue weighted by Gasteiger charge is -2.33. The monoisotopic (exact) mass is 389 g/mol. The second kappa shape index (κ2) is 8.38. The molecule has 3 N–H and O–H groups in total. The summed E-state index contributed by atoms with van der Waals surface area (Å²) in [6, 6.07) is 14.1. The Balaban J connectivity index is 1.50. The van der Waals surface area contributed by atoms with E-state index in [0.717, 1.165) is 5.69 Å². The summed E-state index contributed by atoms with van der Waals surface area (Å²) < 4.78 is 0. The molecule has 0 atom stereocenters. The Kier molecular flexibility index (Phi) is 5.96. The molecule has 1 fully saturated rings. The number of benzene rings is 2. The van der Waals surface area contributed by atoms with Gasteiger partial charge in [-0.1, -0.05) is 23.7 Å². The molecule has 1 amide bonds. The number of nitrogens with zero attached hydrogens (tertiary/aromatic N) is 1. The SMILES string of the molecule is O=C(Nc1ccccc1O)C1CCN(C(=S)Nc2ccc(Cl)cc2)CC1. The van der Waals surface area contributed by atoms with Crippen molar-refractivity contribution in [1.29, 1.82) is 0 Å². The van der Waals surface area contributed by atoms with Gasteiger partial charge in [0.1, 0.15) is 5.75 Å². The van der Waals surface area contributed by atoms with Crippen LogP contribution in [0.15, 0.2) is 48.5 Å². The van der Waals surface area contributed by atoms with Crippen molar-refractivity contribution < 1.29 is 9.90 Å². The van der Waals surface area contributed by atoms with Crippen molar-refractivity contribution in [2.75, 3.05) is 23.7 Å². The van der Waals surface area contributed by atoms with Gasteiger partial charge in [0, 0.05) is 29.7 Å². The number of hydrogen-bond donors (Lipinski definition) is 3. The molecule has 0 radical (unpaired) electrons. The molecule has 0 spiro atoms. The molecule has 7 heteroatoms. The molecule has 0 saturated carbocycles. The minimum atomic E-state index is -0.0933. The highest BCUT2D eigenvalue weighted by Gasteiger charge is 2.26. The van der Waals surface area contributed by atoms with Gasteiger partial charge in [0.25, 0.3) is 0 Å². The smallest absolute Gasteiger partial charge is 0.227 e. The normalized spacial score (nSPS) is 14.7. The van der Waals surface area contributed by atoms with Crippen LogP contribution in [0.5, 0.6) is 5.75 Å². The van der Waals surface area contributed by atoms with Gasteiger partial charge >= 0.3 is 0 Å². The van der Waals surface area contributed by atoms with E-state index in [9.17, 15) is 9.90 Å². The van der Waals surface area contributed by atoms with Gasteiger partial charge < -0.3 is 20.6 Å². The molecule has 136 valence electrons. The summed E-state index contributed by atoms with van der Waals surface area (Å²) in [5.41, 5.74) is 1.33. The highest BCUT2D eigenvalue weighted by molar-refractivity contribution is 7.80. The number of likely N-dealkylation sites (tertiary alicyclic amines) is 1. The predicted molar refractivity (Wildman–Crippen MR) is 109 cm³/mol. The second-order valence-corrected chi connectivity index (χ2v) is 7.03. The Morgan fingerprint density at radius 2 is 1.73 bits per heavy atom. The fourth-order valence-corrected chi connectivity index (χ4v) is 3.32. The summed E-state index contributed by atoms with van der Waals surface area (Å²) in [5, 5.41) is 17.1. The summed E-state index contributed by atoms with van der Waals surface area (Å²) in [6.45, 7) is 1.41. The molecule has 1 aliphatic rings. The largest absolute Gasteiger partial charge is 0.506 e. The Morgan fingerprint density at radius 1 is 1.08 bits per heavy atom. The molecule has 0 aliphatic carbocycles. The van der Waals surface area contributed by atoms with E-state index in [0.29, 0.717) is 41.8 Å². The first-order valence-corrected chi connectivity index (χ1v) is 9.22. The number of aromatic hydroxyl groups is 1. The highest BCUT2D eigenvalue weighted by atomic mass is 35.5. The van der Waals surface area contributed by atoms with Crippen molar-refractivity contribution in [3.05, 3.63) is 53.6 Å². The molecular weight excluding hydrogens is 370 g/mol. The Morgan fingerprint density at radius 3 is 2.38 bits per heavy atom. The predicted octanol–water partition coefficient (Wildman–Crippen LogP) is 4.09. The van der Waals surface area contributed by atoms with Crippen LogP contribution in [-0.4, -0.2) is 34.1 Å². The lowest BCUT2D eigenvalue weighted by atomic mass is 9.96. The van der Waals surface area contributed by atoms with Crippen LogP contribution in [-0.2, 0) is 4.79 Å². The first kappa shape index (κ1) is 18.5. The number of hydrogen-bond acceptors (Lipinski definition) is 3. The molecule has 1 saturated heterocycles. The molecule has 5 nitrogen and oxygen atoms in total. The lowest BCUT2D eigenvalue weighted by Crippen LogP contribution is -2.43. The molecule has 2 aromatic rings.